The largest absolute Gasteiger partial charge is 0.443 e. The first-order valence-electron chi connectivity index (χ1n) is 8.66. The summed E-state index contributed by atoms with van der Waals surface area (Å²) in [7, 11) is 0. The zero-order valence-electron chi connectivity index (χ0n) is 15.8. The Kier molecular flexibility index (Phi) is 7.11. The van der Waals surface area contributed by atoms with Crippen LogP contribution >= 0.6 is 0 Å². The van der Waals surface area contributed by atoms with Crippen LogP contribution in [0.1, 0.15) is 73.6 Å². The van der Waals surface area contributed by atoms with E-state index in [1.165, 1.54) is 5.01 Å². The lowest BCUT2D eigenvalue weighted by Crippen LogP contribution is -2.54. The number of hydrazine groups is 1. The van der Waals surface area contributed by atoms with Crippen molar-refractivity contribution in [2.45, 2.75) is 90.9 Å². The normalized spacial score (nSPS) is 20.3. The van der Waals surface area contributed by atoms with Gasteiger partial charge in [0.15, 0.2) is 0 Å². The number of hydrogen-bond donors (Lipinski definition) is 1. The van der Waals surface area contributed by atoms with Gasteiger partial charge >= 0.3 is 12.2 Å². The highest BCUT2D eigenvalue weighted by atomic mass is 16.6. The molecule has 1 rings (SSSR count). The summed E-state index contributed by atoms with van der Waals surface area (Å²) in [4.78, 5) is 24.7. The van der Waals surface area contributed by atoms with Gasteiger partial charge in [0.1, 0.15) is 11.2 Å². The number of amides is 2. The molecule has 2 amide bonds. The molecule has 0 bridgehead atoms. The van der Waals surface area contributed by atoms with Gasteiger partial charge in [-0.3, -0.25) is 0 Å². The molecule has 0 aromatic carbocycles. The van der Waals surface area contributed by atoms with Crippen LogP contribution in [-0.2, 0) is 9.47 Å². The molecule has 0 aliphatic heterocycles. The summed E-state index contributed by atoms with van der Waals surface area (Å²) in [6, 6.07) is -0.243. The number of allylic oxidation sites excluding steroid dienone is 1. The maximum absolute atomic E-state index is 12.6. The SMILES string of the molecule is CC(C)(C)OC(=O)NN(C(=O)OC(C)(C)C)C1/C=C\CCCCC1. The van der Waals surface area contributed by atoms with E-state index in [0.29, 0.717) is 0 Å². The Labute approximate surface area is 145 Å². The molecule has 0 heterocycles. The second-order valence-electron chi connectivity index (χ2n) is 8.10. The number of hydrogen-bond acceptors (Lipinski definition) is 4. The van der Waals surface area contributed by atoms with Gasteiger partial charge in [0.2, 0.25) is 0 Å². The monoisotopic (exact) mass is 340 g/mol. The van der Waals surface area contributed by atoms with Crippen LogP contribution in [-0.4, -0.2) is 34.4 Å². The van der Waals surface area contributed by atoms with Crippen LogP contribution in [0.4, 0.5) is 9.59 Å². The summed E-state index contributed by atoms with van der Waals surface area (Å²) in [5.41, 5.74) is 1.28. The highest BCUT2D eigenvalue weighted by molar-refractivity contribution is 5.75. The molecule has 138 valence electrons. The van der Waals surface area contributed by atoms with Crippen LogP contribution in [0.3, 0.4) is 0 Å². The van der Waals surface area contributed by atoms with Crippen molar-refractivity contribution in [3.63, 3.8) is 0 Å². The predicted molar refractivity (Wildman–Crippen MR) is 93.5 cm³/mol. The van der Waals surface area contributed by atoms with Crippen LogP contribution in [0.5, 0.6) is 0 Å². The van der Waals surface area contributed by atoms with Crippen molar-refractivity contribution in [3.05, 3.63) is 12.2 Å². The summed E-state index contributed by atoms with van der Waals surface area (Å²) in [6.45, 7) is 10.7. The van der Waals surface area contributed by atoms with Crippen molar-refractivity contribution in [1.29, 1.82) is 0 Å². The third-order valence-corrected chi connectivity index (χ3v) is 3.26. The molecule has 0 saturated heterocycles. The van der Waals surface area contributed by atoms with Crippen LogP contribution in [0.15, 0.2) is 12.2 Å². The average molecular weight is 340 g/mol. The molecule has 6 heteroatoms. The lowest BCUT2D eigenvalue weighted by atomic mass is 10.0. The van der Waals surface area contributed by atoms with E-state index in [-0.39, 0.29) is 6.04 Å². The molecular weight excluding hydrogens is 308 g/mol. The van der Waals surface area contributed by atoms with Crippen molar-refractivity contribution >= 4 is 12.2 Å². The van der Waals surface area contributed by atoms with Crippen molar-refractivity contribution in [2.24, 2.45) is 0 Å². The smallest absolute Gasteiger partial charge is 0.429 e. The first kappa shape index (κ1) is 20.3. The van der Waals surface area contributed by atoms with Crippen molar-refractivity contribution in [1.82, 2.24) is 10.4 Å². The zero-order chi connectivity index (χ0) is 18.4. The van der Waals surface area contributed by atoms with E-state index in [9.17, 15) is 9.59 Å². The second kappa shape index (κ2) is 8.40. The number of ether oxygens (including phenoxy) is 2. The maximum atomic E-state index is 12.6. The quantitative estimate of drug-likeness (QED) is 0.561. The molecule has 0 aromatic heterocycles. The molecule has 24 heavy (non-hydrogen) atoms. The first-order chi connectivity index (χ1) is 11.0. The Balaban J connectivity index is 2.90. The fraction of sp³-hybridized carbons (Fsp3) is 0.778. The summed E-state index contributed by atoms with van der Waals surface area (Å²) < 4.78 is 10.7. The summed E-state index contributed by atoms with van der Waals surface area (Å²) in [5.74, 6) is 0. The molecule has 1 aliphatic rings. The van der Waals surface area contributed by atoms with Gasteiger partial charge in [-0.2, -0.15) is 0 Å². The fourth-order valence-electron chi connectivity index (χ4n) is 2.33. The van der Waals surface area contributed by atoms with Gasteiger partial charge in [0.05, 0.1) is 6.04 Å². The van der Waals surface area contributed by atoms with Gasteiger partial charge in [-0.25, -0.2) is 20.0 Å². The second-order valence-corrected chi connectivity index (χ2v) is 8.10. The Morgan fingerprint density at radius 3 is 2.21 bits per heavy atom. The Morgan fingerprint density at radius 2 is 1.62 bits per heavy atom. The van der Waals surface area contributed by atoms with E-state index < -0.39 is 23.4 Å². The van der Waals surface area contributed by atoms with E-state index in [2.05, 4.69) is 11.5 Å². The van der Waals surface area contributed by atoms with Gasteiger partial charge in [-0.1, -0.05) is 25.0 Å². The van der Waals surface area contributed by atoms with E-state index in [1.807, 2.05) is 6.08 Å². The van der Waals surface area contributed by atoms with E-state index in [4.69, 9.17) is 9.47 Å². The van der Waals surface area contributed by atoms with Crippen LogP contribution in [0, 0.1) is 0 Å². The fourth-order valence-corrected chi connectivity index (χ4v) is 2.33. The Bertz CT molecular complexity index is 461. The summed E-state index contributed by atoms with van der Waals surface area (Å²) in [6.07, 6.45) is 7.76. The Morgan fingerprint density at radius 1 is 1.00 bits per heavy atom. The van der Waals surface area contributed by atoms with Crippen LogP contribution in [0.25, 0.3) is 0 Å². The van der Waals surface area contributed by atoms with Gasteiger partial charge in [-0.05, 0) is 60.8 Å². The molecular formula is C18H32N2O4. The number of nitrogens with zero attached hydrogens (tertiary/aromatic N) is 1. The van der Waals surface area contributed by atoms with Crippen LogP contribution in [0.2, 0.25) is 0 Å². The maximum Gasteiger partial charge on any atom is 0.429 e. The molecule has 6 nitrogen and oxygen atoms in total. The van der Waals surface area contributed by atoms with Gasteiger partial charge in [0, 0.05) is 0 Å². The highest BCUT2D eigenvalue weighted by Gasteiger charge is 2.30. The van der Waals surface area contributed by atoms with Crippen molar-refractivity contribution < 1.29 is 19.1 Å². The topological polar surface area (TPSA) is 67.9 Å². The summed E-state index contributed by atoms with van der Waals surface area (Å²) in [5, 5.41) is 1.25. The standard InChI is InChI=1S/C18H32N2O4/c1-17(2,3)23-15(21)19-20(16(22)24-18(4,5)6)14-12-10-8-7-9-11-13-14/h10,12,14H,7-9,11,13H2,1-6H3,(H,19,21)/b12-10-. The van der Waals surface area contributed by atoms with E-state index in [1.54, 1.807) is 41.5 Å². The minimum Gasteiger partial charge on any atom is -0.443 e. The number of carbonyl (C=O) groups excluding carboxylic acids is 2. The number of carbonyl (C=O) groups is 2. The van der Waals surface area contributed by atoms with Crippen molar-refractivity contribution in [2.75, 3.05) is 0 Å². The van der Waals surface area contributed by atoms with Crippen LogP contribution < -0.4 is 5.43 Å². The van der Waals surface area contributed by atoms with Crippen molar-refractivity contribution in [3.8, 4) is 0 Å². The van der Waals surface area contributed by atoms with Gasteiger partial charge in [0.25, 0.3) is 0 Å². The highest BCUT2D eigenvalue weighted by Crippen LogP contribution is 2.19. The minimum absolute atomic E-state index is 0.243. The molecule has 0 fully saturated rings. The average Bonchev–Trinajstić information content (AvgIpc) is 2.31. The molecule has 0 saturated carbocycles. The van der Waals surface area contributed by atoms with E-state index in [0.717, 1.165) is 32.1 Å². The van der Waals surface area contributed by atoms with Gasteiger partial charge < -0.3 is 9.47 Å². The lowest BCUT2D eigenvalue weighted by Gasteiger charge is -2.33. The molecule has 1 N–H and O–H groups in total. The predicted octanol–water partition coefficient (Wildman–Crippen LogP) is 4.55. The molecule has 0 spiro atoms. The number of nitrogens with one attached hydrogen (secondary N) is 1. The Hall–Kier alpha value is -1.72. The lowest BCUT2D eigenvalue weighted by molar-refractivity contribution is -0.00594. The van der Waals surface area contributed by atoms with E-state index >= 15 is 0 Å². The first-order valence-corrected chi connectivity index (χ1v) is 8.66. The molecule has 1 atom stereocenters. The minimum atomic E-state index is -0.663. The zero-order valence-corrected chi connectivity index (χ0v) is 15.8. The molecule has 0 aromatic rings. The molecule has 1 unspecified atom stereocenters. The summed E-state index contributed by atoms with van der Waals surface area (Å²) >= 11 is 0. The van der Waals surface area contributed by atoms with Gasteiger partial charge in [-0.15, -0.1) is 0 Å². The third-order valence-electron chi connectivity index (χ3n) is 3.26. The third kappa shape index (κ3) is 8.22. The molecule has 1 aliphatic carbocycles. The number of rotatable bonds is 1. The molecule has 0 radical (unpaired) electrons.